The maximum Gasteiger partial charge on any atom is 0.326 e. The molecule has 1 aromatic rings. The molecular formula is C19H25N3O5. The number of nitrogens with zero attached hydrogens (tertiary/aromatic N) is 3. The minimum Gasteiger partial charge on any atom is -0.480 e. The first kappa shape index (κ1) is 19.1. The average Bonchev–Trinajstić information content (AvgIpc) is 3.46. The second kappa shape index (κ2) is 7.54. The van der Waals surface area contributed by atoms with Crippen molar-refractivity contribution >= 4 is 23.3 Å². The summed E-state index contributed by atoms with van der Waals surface area (Å²) in [6.07, 6.45) is 3.47. The van der Waals surface area contributed by atoms with Crippen molar-refractivity contribution in [1.29, 1.82) is 0 Å². The molecule has 8 nitrogen and oxygen atoms in total. The monoisotopic (exact) mass is 375 g/mol. The Labute approximate surface area is 157 Å². The maximum absolute atomic E-state index is 12.9. The normalized spacial score (nSPS) is 18.8. The quantitative estimate of drug-likeness (QED) is 0.606. The molecule has 1 amide bonds. The van der Waals surface area contributed by atoms with E-state index in [9.17, 15) is 24.8 Å². The van der Waals surface area contributed by atoms with Crippen LogP contribution in [0.2, 0.25) is 0 Å². The number of nitro benzene ring substituents is 1. The van der Waals surface area contributed by atoms with E-state index in [1.165, 1.54) is 17.9 Å². The van der Waals surface area contributed by atoms with Gasteiger partial charge in [-0.3, -0.25) is 14.9 Å². The first-order valence-corrected chi connectivity index (χ1v) is 9.38. The van der Waals surface area contributed by atoms with Crippen LogP contribution in [0.1, 0.15) is 49.9 Å². The maximum atomic E-state index is 12.9. The number of carboxylic acids is 1. The van der Waals surface area contributed by atoms with Gasteiger partial charge in [-0.15, -0.1) is 0 Å². The van der Waals surface area contributed by atoms with Crippen LogP contribution >= 0.6 is 0 Å². The number of nitro groups is 1. The molecule has 1 atom stereocenters. The fourth-order valence-electron chi connectivity index (χ4n) is 3.60. The van der Waals surface area contributed by atoms with Crippen LogP contribution < -0.4 is 4.90 Å². The summed E-state index contributed by atoms with van der Waals surface area (Å²) >= 11 is 0. The van der Waals surface area contributed by atoms with Gasteiger partial charge < -0.3 is 14.9 Å². The fourth-order valence-corrected chi connectivity index (χ4v) is 3.60. The number of carboxylic acid groups (broad SMARTS) is 1. The van der Waals surface area contributed by atoms with Crippen molar-refractivity contribution in [1.82, 2.24) is 4.90 Å². The third-order valence-corrected chi connectivity index (χ3v) is 5.49. The van der Waals surface area contributed by atoms with Gasteiger partial charge in [0.05, 0.1) is 4.92 Å². The molecule has 1 heterocycles. The molecule has 0 aromatic heterocycles. The average molecular weight is 375 g/mol. The van der Waals surface area contributed by atoms with Gasteiger partial charge in [-0.05, 0) is 50.7 Å². The molecule has 2 fully saturated rings. The van der Waals surface area contributed by atoms with Gasteiger partial charge in [0.25, 0.3) is 11.6 Å². The van der Waals surface area contributed by atoms with Gasteiger partial charge in [0.15, 0.2) is 0 Å². The molecule has 2 aliphatic rings. The molecule has 1 unspecified atom stereocenters. The summed E-state index contributed by atoms with van der Waals surface area (Å²) in [7, 11) is 0. The highest BCUT2D eigenvalue weighted by atomic mass is 16.6. The van der Waals surface area contributed by atoms with Crippen molar-refractivity contribution in [3.63, 3.8) is 0 Å². The first-order valence-electron chi connectivity index (χ1n) is 9.38. The fraction of sp³-hybridized carbons (Fsp3) is 0.579. The molecule has 1 saturated heterocycles. The lowest BCUT2D eigenvalue weighted by Crippen LogP contribution is -2.44. The van der Waals surface area contributed by atoms with Crippen molar-refractivity contribution in [2.24, 2.45) is 5.92 Å². The van der Waals surface area contributed by atoms with Gasteiger partial charge in [0.1, 0.15) is 11.7 Å². The van der Waals surface area contributed by atoms with Crippen molar-refractivity contribution in [3.8, 4) is 0 Å². The Bertz CT molecular complexity index is 754. The predicted octanol–water partition coefficient (Wildman–Crippen LogP) is 2.91. The summed E-state index contributed by atoms with van der Waals surface area (Å²) in [4.78, 5) is 38.7. The van der Waals surface area contributed by atoms with E-state index in [0.717, 1.165) is 38.8 Å². The highest BCUT2D eigenvalue weighted by molar-refractivity contribution is 5.98. The lowest BCUT2D eigenvalue weighted by Gasteiger charge is -2.32. The Hall–Kier alpha value is -2.64. The van der Waals surface area contributed by atoms with Crippen molar-refractivity contribution in [2.45, 2.75) is 51.6 Å². The molecular weight excluding hydrogens is 350 g/mol. The van der Waals surface area contributed by atoms with Crippen molar-refractivity contribution in [2.75, 3.05) is 18.0 Å². The molecule has 0 radical (unpaired) electrons. The van der Waals surface area contributed by atoms with Crippen LogP contribution in [0.25, 0.3) is 0 Å². The van der Waals surface area contributed by atoms with E-state index in [0.29, 0.717) is 11.6 Å². The minimum absolute atomic E-state index is 0.103. The second-order valence-corrected chi connectivity index (χ2v) is 7.59. The van der Waals surface area contributed by atoms with Crippen LogP contribution in [-0.4, -0.2) is 52.0 Å². The zero-order valence-electron chi connectivity index (χ0n) is 15.6. The third kappa shape index (κ3) is 4.04. The smallest absolute Gasteiger partial charge is 0.326 e. The number of piperidine rings is 1. The standard InChI is InChI=1S/C19H25N3O5/c1-12-7-9-20(10-8-12)16-6-3-14(11-17(16)22(26)27)18(23)21(15-4-5-15)13(2)19(24)25/h3,6,11-13,15H,4-5,7-10H2,1-2H3,(H,24,25). The number of anilines is 1. The second-order valence-electron chi connectivity index (χ2n) is 7.59. The molecule has 0 spiro atoms. The molecule has 1 N–H and O–H groups in total. The zero-order valence-corrected chi connectivity index (χ0v) is 15.6. The summed E-state index contributed by atoms with van der Waals surface area (Å²) < 4.78 is 0. The number of carbonyl (C=O) groups excluding carboxylic acids is 1. The topological polar surface area (TPSA) is 104 Å². The number of aliphatic carboxylic acids is 1. The van der Waals surface area contributed by atoms with E-state index < -0.39 is 22.8 Å². The number of amides is 1. The summed E-state index contributed by atoms with van der Waals surface area (Å²) in [5.74, 6) is -0.941. The largest absolute Gasteiger partial charge is 0.480 e. The number of carbonyl (C=O) groups is 2. The molecule has 0 bridgehead atoms. The van der Waals surface area contributed by atoms with Crippen LogP contribution in [0.15, 0.2) is 18.2 Å². The molecule has 1 saturated carbocycles. The van der Waals surface area contributed by atoms with Gasteiger partial charge >= 0.3 is 5.97 Å². The first-order chi connectivity index (χ1) is 12.8. The Kier molecular flexibility index (Phi) is 5.34. The number of rotatable bonds is 6. The Balaban J connectivity index is 1.90. The van der Waals surface area contributed by atoms with Gasteiger partial charge in [-0.2, -0.15) is 0 Å². The highest BCUT2D eigenvalue weighted by Gasteiger charge is 2.39. The number of hydrogen-bond donors (Lipinski definition) is 1. The predicted molar refractivity (Wildman–Crippen MR) is 100.0 cm³/mol. The van der Waals surface area contributed by atoms with E-state index in [1.54, 1.807) is 12.1 Å². The Morgan fingerprint density at radius 1 is 1.26 bits per heavy atom. The molecule has 1 aromatic carbocycles. The van der Waals surface area contributed by atoms with E-state index in [2.05, 4.69) is 6.92 Å². The van der Waals surface area contributed by atoms with Crippen LogP contribution in [0.3, 0.4) is 0 Å². The van der Waals surface area contributed by atoms with Crippen LogP contribution in [0.5, 0.6) is 0 Å². The van der Waals surface area contributed by atoms with E-state index in [4.69, 9.17) is 0 Å². The van der Waals surface area contributed by atoms with E-state index in [-0.39, 0.29) is 17.3 Å². The summed E-state index contributed by atoms with van der Waals surface area (Å²) in [6.45, 7) is 5.14. The Morgan fingerprint density at radius 3 is 2.41 bits per heavy atom. The van der Waals surface area contributed by atoms with Gasteiger partial charge in [-0.1, -0.05) is 6.92 Å². The van der Waals surface area contributed by atoms with Crippen LogP contribution in [0, 0.1) is 16.0 Å². The molecule has 27 heavy (non-hydrogen) atoms. The number of benzene rings is 1. The molecule has 8 heteroatoms. The third-order valence-electron chi connectivity index (χ3n) is 5.49. The molecule has 146 valence electrons. The zero-order chi connectivity index (χ0) is 19.7. The van der Waals surface area contributed by atoms with Crippen LogP contribution in [0.4, 0.5) is 11.4 Å². The Morgan fingerprint density at radius 2 is 1.89 bits per heavy atom. The SMILES string of the molecule is CC1CCN(c2ccc(C(=O)N(C3CC3)C(C)C(=O)O)cc2[N+](=O)[O-])CC1. The summed E-state index contributed by atoms with van der Waals surface area (Å²) in [6, 6.07) is 3.42. The van der Waals surface area contributed by atoms with Crippen molar-refractivity contribution < 1.29 is 19.6 Å². The highest BCUT2D eigenvalue weighted by Crippen LogP contribution is 2.35. The lowest BCUT2D eigenvalue weighted by atomic mass is 9.98. The molecule has 3 rings (SSSR count). The van der Waals surface area contributed by atoms with E-state index >= 15 is 0 Å². The van der Waals surface area contributed by atoms with Gasteiger partial charge in [-0.25, -0.2) is 4.79 Å². The van der Waals surface area contributed by atoms with Gasteiger partial charge in [0.2, 0.25) is 0 Å². The summed E-state index contributed by atoms with van der Waals surface area (Å²) in [5, 5.41) is 20.9. The number of hydrogen-bond acceptors (Lipinski definition) is 5. The van der Waals surface area contributed by atoms with Gasteiger partial charge in [0, 0.05) is 30.8 Å². The lowest BCUT2D eigenvalue weighted by molar-refractivity contribution is -0.384. The summed E-state index contributed by atoms with van der Waals surface area (Å²) in [5.41, 5.74) is 0.581. The van der Waals surface area contributed by atoms with Crippen LogP contribution in [-0.2, 0) is 4.79 Å². The minimum atomic E-state index is -1.08. The van der Waals surface area contributed by atoms with Crippen molar-refractivity contribution in [3.05, 3.63) is 33.9 Å². The van der Waals surface area contributed by atoms with E-state index in [1.807, 2.05) is 4.90 Å². The molecule has 1 aliphatic carbocycles. The molecule has 1 aliphatic heterocycles.